The van der Waals surface area contributed by atoms with Crippen molar-refractivity contribution >= 4 is 29.6 Å². The second-order valence-corrected chi connectivity index (χ2v) is 10.7. The molecule has 38 heavy (non-hydrogen) atoms. The molecule has 0 radical (unpaired) electrons. The molecule has 1 unspecified atom stereocenters. The van der Waals surface area contributed by atoms with Crippen molar-refractivity contribution in [1.29, 1.82) is 0 Å². The van der Waals surface area contributed by atoms with Crippen LogP contribution in [0.5, 0.6) is 0 Å². The number of alkyl halides is 3. The van der Waals surface area contributed by atoms with E-state index in [0.29, 0.717) is 48.5 Å². The number of hydrogen-bond donors (Lipinski definition) is 1. The van der Waals surface area contributed by atoms with Crippen LogP contribution in [0.3, 0.4) is 0 Å². The minimum Gasteiger partial charge on any atom is -0.369 e. The Morgan fingerprint density at radius 2 is 1.71 bits per heavy atom. The molecule has 2 aliphatic rings. The maximum absolute atomic E-state index is 14.1. The Labute approximate surface area is 225 Å². The van der Waals surface area contributed by atoms with E-state index in [4.69, 9.17) is 11.6 Å². The predicted molar refractivity (Wildman–Crippen MR) is 139 cm³/mol. The molecule has 1 amide bonds. The van der Waals surface area contributed by atoms with Gasteiger partial charge in [0.2, 0.25) is 0 Å². The zero-order valence-electron chi connectivity index (χ0n) is 21.4. The van der Waals surface area contributed by atoms with Gasteiger partial charge in [0.05, 0.1) is 5.56 Å². The zero-order valence-corrected chi connectivity index (χ0v) is 22.1. The number of benzene rings is 1. The van der Waals surface area contributed by atoms with Gasteiger partial charge in [-0.05, 0) is 68.1 Å². The van der Waals surface area contributed by atoms with E-state index >= 15 is 0 Å². The Bertz CT molecular complexity index is 1150. The molecule has 6 nitrogen and oxygen atoms in total. The Kier molecular flexibility index (Phi) is 8.67. The summed E-state index contributed by atoms with van der Waals surface area (Å²) in [7, 11) is 0. The van der Waals surface area contributed by atoms with Crippen LogP contribution < -0.4 is 4.90 Å². The van der Waals surface area contributed by atoms with E-state index in [9.17, 15) is 27.9 Å². The van der Waals surface area contributed by atoms with Crippen LogP contribution in [0.15, 0.2) is 36.4 Å². The van der Waals surface area contributed by atoms with Gasteiger partial charge in [-0.15, -0.1) is 0 Å². The molecule has 4 rings (SSSR count). The molecule has 0 spiro atoms. The molecule has 1 N–H and O–H groups in total. The fourth-order valence-corrected chi connectivity index (χ4v) is 5.79. The topological polar surface area (TPSA) is 73.7 Å². The highest BCUT2D eigenvalue weighted by Gasteiger charge is 2.62. The maximum atomic E-state index is 14.1. The molecule has 10 heteroatoms. The lowest BCUT2D eigenvalue weighted by atomic mass is 9.82. The number of amides is 1. The summed E-state index contributed by atoms with van der Waals surface area (Å²) in [6, 6.07) is 9.02. The maximum Gasteiger partial charge on any atom is 0.430 e. The van der Waals surface area contributed by atoms with Crippen LogP contribution in [-0.4, -0.2) is 59.5 Å². The number of piperidine rings is 2. The first-order chi connectivity index (χ1) is 18.1. The first-order valence-corrected chi connectivity index (χ1v) is 13.5. The van der Waals surface area contributed by atoms with Gasteiger partial charge in [0.15, 0.2) is 6.29 Å². The summed E-state index contributed by atoms with van der Waals surface area (Å²) >= 11 is 6.07. The highest BCUT2D eigenvalue weighted by Crippen LogP contribution is 2.42. The SMILES string of the molecule is CCc1cccc(C(O)(C(=O)N2CCC(CC3CCN(c4ccc(C=O)c(Cl)n4)CC3)CC2)C(F)(F)F)c1. The van der Waals surface area contributed by atoms with Crippen molar-refractivity contribution in [3.63, 3.8) is 0 Å². The van der Waals surface area contributed by atoms with Gasteiger partial charge in [0.1, 0.15) is 11.0 Å². The van der Waals surface area contributed by atoms with Crippen molar-refractivity contribution in [3.05, 3.63) is 58.2 Å². The van der Waals surface area contributed by atoms with Crippen LogP contribution in [0.1, 0.15) is 60.5 Å². The summed E-state index contributed by atoms with van der Waals surface area (Å²) in [5.41, 5.74) is -3.00. The standard InChI is InChI=1S/C28H33ClF3N3O3/c1-2-19-4-3-5-23(17-19)27(38,28(30,31)32)26(37)35-14-10-21(11-15-35)16-20-8-12-34(13-9-20)24-7-6-22(18-36)25(29)33-24/h3-7,17-18,20-21,38H,2,8-16H2,1H3. The van der Waals surface area contributed by atoms with Crippen LogP contribution in [0.4, 0.5) is 19.0 Å². The molecule has 0 aliphatic carbocycles. The Balaban J connectivity index is 1.32. The van der Waals surface area contributed by atoms with Crippen molar-refractivity contribution in [2.75, 3.05) is 31.1 Å². The Hall–Kier alpha value is -2.65. The van der Waals surface area contributed by atoms with Crippen LogP contribution in [0.2, 0.25) is 5.15 Å². The quantitative estimate of drug-likeness (QED) is 0.368. The number of carbonyl (C=O) groups is 2. The number of hydrogen-bond acceptors (Lipinski definition) is 5. The van der Waals surface area contributed by atoms with E-state index in [1.54, 1.807) is 25.1 Å². The minimum atomic E-state index is -5.13. The fourth-order valence-electron chi connectivity index (χ4n) is 5.59. The number of anilines is 1. The Morgan fingerprint density at radius 3 is 2.26 bits per heavy atom. The van der Waals surface area contributed by atoms with E-state index in [1.165, 1.54) is 23.1 Å². The lowest BCUT2D eigenvalue weighted by molar-refractivity contribution is -0.262. The fraction of sp³-hybridized carbons (Fsp3) is 0.536. The third kappa shape index (κ3) is 5.83. The first-order valence-electron chi connectivity index (χ1n) is 13.1. The van der Waals surface area contributed by atoms with Gasteiger partial charge < -0.3 is 14.9 Å². The molecule has 2 saturated heterocycles. The van der Waals surface area contributed by atoms with E-state index in [2.05, 4.69) is 9.88 Å². The van der Waals surface area contributed by atoms with Crippen molar-refractivity contribution in [2.45, 2.75) is 57.2 Å². The lowest BCUT2D eigenvalue weighted by Crippen LogP contribution is -2.57. The highest BCUT2D eigenvalue weighted by atomic mass is 35.5. The molecular formula is C28H33ClF3N3O3. The van der Waals surface area contributed by atoms with Crippen LogP contribution in [-0.2, 0) is 16.8 Å². The van der Waals surface area contributed by atoms with E-state index in [0.717, 1.165) is 38.2 Å². The largest absolute Gasteiger partial charge is 0.430 e. The molecule has 2 fully saturated rings. The molecule has 0 saturated carbocycles. The Morgan fingerprint density at radius 1 is 1.08 bits per heavy atom. The molecule has 3 heterocycles. The summed E-state index contributed by atoms with van der Waals surface area (Å²) in [5.74, 6) is 0.244. The van der Waals surface area contributed by atoms with Crippen molar-refractivity contribution in [2.24, 2.45) is 11.8 Å². The molecule has 1 aromatic heterocycles. The third-order valence-electron chi connectivity index (χ3n) is 7.97. The van der Waals surface area contributed by atoms with Crippen LogP contribution in [0, 0.1) is 11.8 Å². The predicted octanol–water partition coefficient (Wildman–Crippen LogP) is 5.41. The van der Waals surface area contributed by atoms with Gasteiger partial charge in [-0.2, -0.15) is 13.2 Å². The summed E-state index contributed by atoms with van der Waals surface area (Å²) in [6.45, 7) is 3.81. The highest BCUT2D eigenvalue weighted by molar-refractivity contribution is 6.31. The van der Waals surface area contributed by atoms with Crippen LogP contribution >= 0.6 is 11.6 Å². The molecule has 2 aromatic rings. The zero-order chi connectivity index (χ0) is 27.5. The number of carbonyl (C=O) groups excluding carboxylic acids is 2. The second kappa shape index (κ2) is 11.6. The number of aldehydes is 1. The van der Waals surface area contributed by atoms with E-state index < -0.39 is 23.2 Å². The van der Waals surface area contributed by atoms with Gasteiger partial charge in [-0.3, -0.25) is 9.59 Å². The summed E-state index contributed by atoms with van der Waals surface area (Å²) in [6.07, 6.45) is 0.127. The minimum absolute atomic E-state index is 0.191. The molecule has 206 valence electrons. The number of pyridine rings is 1. The first kappa shape index (κ1) is 28.4. The number of likely N-dealkylation sites (tertiary alicyclic amines) is 1. The van der Waals surface area contributed by atoms with Gasteiger partial charge in [0.25, 0.3) is 11.5 Å². The van der Waals surface area contributed by atoms with E-state index in [1.807, 2.05) is 0 Å². The van der Waals surface area contributed by atoms with Gasteiger partial charge in [0, 0.05) is 31.7 Å². The number of aryl methyl sites for hydroxylation is 1. The van der Waals surface area contributed by atoms with Crippen LogP contribution in [0.25, 0.3) is 0 Å². The summed E-state index contributed by atoms with van der Waals surface area (Å²) in [4.78, 5) is 31.7. The van der Waals surface area contributed by atoms with Gasteiger partial charge in [-0.25, -0.2) is 4.98 Å². The molecular weight excluding hydrogens is 519 g/mol. The molecule has 1 atom stereocenters. The van der Waals surface area contributed by atoms with Crippen molar-refractivity contribution in [1.82, 2.24) is 9.88 Å². The molecule has 0 bridgehead atoms. The number of halogens is 4. The lowest BCUT2D eigenvalue weighted by Gasteiger charge is -2.40. The monoisotopic (exact) mass is 551 g/mol. The molecule has 1 aromatic carbocycles. The number of rotatable bonds is 7. The average Bonchev–Trinajstić information content (AvgIpc) is 2.92. The third-order valence-corrected chi connectivity index (χ3v) is 8.27. The van der Waals surface area contributed by atoms with E-state index in [-0.39, 0.29) is 18.2 Å². The van der Waals surface area contributed by atoms with Gasteiger partial charge >= 0.3 is 6.18 Å². The number of aliphatic hydroxyl groups is 1. The normalized spacial score (nSPS) is 19.3. The van der Waals surface area contributed by atoms with Crippen molar-refractivity contribution in [3.8, 4) is 0 Å². The average molecular weight is 552 g/mol. The second-order valence-electron chi connectivity index (χ2n) is 10.3. The summed E-state index contributed by atoms with van der Waals surface area (Å²) in [5, 5.41) is 11.0. The number of aromatic nitrogens is 1. The summed E-state index contributed by atoms with van der Waals surface area (Å²) < 4.78 is 42.3. The number of nitrogens with zero attached hydrogens (tertiary/aromatic N) is 3. The van der Waals surface area contributed by atoms with Crippen molar-refractivity contribution < 1.29 is 27.9 Å². The van der Waals surface area contributed by atoms with Gasteiger partial charge in [-0.1, -0.05) is 42.8 Å². The molecule has 2 aliphatic heterocycles. The smallest absolute Gasteiger partial charge is 0.369 e.